The average molecular weight is 260 g/mol. The fourth-order valence-electron chi connectivity index (χ4n) is 1.64. The van der Waals surface area contributed by atoms with Crippen LogP contribution in [0.4, 0.5) is 4.79 Å². The van der Waals surface area contributed by atoms with E-state index in [1.165, 1.54) is 0 Å². The highest BCUT2D eigenvalue weighted by atomic mass is 16.6. The Morgan fingerprint density at radius 1 is 1.56 bits per heavy atom. The monoisotopic (exact) mass is 260 g/mol. The van der Waals surface area contributed by atoms with Crippen LogP contribution in [0, 0.1) is 10.1 Å². The molecule has 18 heavy (non-hydrogen) atoms. The molecule has 104 valence electrons. The first kappa shape index (κ1) is 14.7. The Morgan fingerprint density at radius 2 is 2.22 bits per heavy atom. The van der Waals surface area contributed by atoms with Crippen LogP contribution in [-0.2, 0) is 9.47 Å². The zero-order valence-electron chi connectivity index (χ0n) is 11.0. The molecule has 0 saturated carbocycles. The maximum absolute atomic E-state index is 11.8. The van der Waals surface area contributed by atoms with E-state index in [4.69, 9.17) is 9.47 Å². The second kappa shape index (κ2) is 5.99. The van der Waals surface area contributed by atoms with Crippen LogP contribution in [0.3, 0.4) is 0 Å². The number of hydrogen-bond acceptors (Lipinski definition) is 5. The third-order valence-electron chi connectivity index (χ3n) is 2.42. The highest BCUT2D eigenvalue weighted by molar-refractivity contribution is 5.68. The van der Waals surface area contributed by atoms with E-state index in [0.717, 1.165) is 0 Å². The Bertz CT molecular complexity index is 313. The summed E-state index contributed by atoms with van der Waals surface area (Å²) < 4.78 is 10.6. The van der Waals surface area contributed by atoms with Gasteiger partial charge in [0.1, 0.15) is 5.60 Å². The van der Waals surface area contributed by atoms with Gasteiger partial charge in [-0.25, -0.2) is 4.79 Å². The molecule has 0 aromatic heterocycles. The van der Waals surface area contributed by atoms with Crippen LogP contribution >= 0.6 is 0 Å². The maximum Gasteiger partial charge on any atom is 0.410 e. The van der Waals surface area contributed by atoms with E-state index < -0.39 is 11.7 Å². The summed E-state index contributed by atoms with van der Waals surface area (Å²) >= 11 is 0. The lowest BCUT2D eigenvalue weighted by molar-refractivity contribution is -0.482. The van der Waals surface area contributed by atoms with Crippen molar-refractivity contribution in [1.29, 1.82) is 0 Å². The molecule has 1 atom stereocenters. The van der Waals surface area contributed by atoms with Crippen LogP contribution in [0.1, 0.15) is 27.2 Å². The van der Waals surface area contributed by atoms with Gasteiger partial charge in [-0.1, -0.05) is 0 Å². The molecule has 1 unspecified atom stereocenters. The van der Waals surface area contributed by atoms with E-state index in [1.807, 2.05) is 0 Å². The standard InChI is InChI=1S/C11H20N2O5/c1-11(2,3)18-10(14)12-6-7-17-9(8-12)4-5-13(15)16/h9H,4-8H2,1-3H3. The third-order valence-corrected chi connectivity index (χ3v) is 2.42. The van der Waals surface area contributed by atoms with Gasteiger partial charge in [-0.15, -0.1) is 0 Å². The lowest BCUT2D eigenvalue weighted by atomic mass is 10.2. The summed E-state index contributed by atoms with van der Waals surface area (Å²) in [5.74, 6) is 0. The Morgan fingerprint density at radius 3 is 2.78 bits per heavy atom. The maximum atomic E-state index is 11.8. The van der Waals surface area contributed by atoms with E-state index >= 15 is 0 Å². The minimum absolute atomic E-state index is 0.146. The van der Waals surface area contributed by atoms with Crippen molar-refractivity contribution >= 4 is 6.09 Å². The van der Waals surface area contributed by atoms with E-state index in [0.29, 0.717) is 26.1 Å². The van der Waals surface area contributed by atoms with Gasteiger partial charge in [0.15, 0.2) is 0 Å². The van der Waals surface area contributed by atoms with Crippen molar-refractivity contribution in [1.82, 2.24) is 4.90 Å². The van der Waals surface area contributed by atoms with E-state index in [9.17, 15) is 14.9 Å². The third kappa shape index (κ3) is 5.31. The van der Waals surface area contributed by atoms with Crippen molar-refractivity contribution < 1.29 is 19.2 Å². The zero-order valence-corrected chi connectivity index (χ0v) is 11.0. The predicted octanol–water partition coefficient (Wildman–Crippen LogP) is 1.29. The topological polar surface area (TPSA) is 81.9 Å². The molecular formula is C11H20N2O5. The van der Waals surface area contributed by atoms with Gasteiger partial charge in [-0.3, -0.25) is 10.1 Å². The number of carbonyl (C=O) groups excluding carboxylic acids is 1. The number of amides is 1. The molecule has 0 bridgehead atoms. The van der Waals surface area contributed by atoms with Crippen molar-refractivity contribution in [2.24, 2.45) is 0 Å². The van der Waals surface area contributed by atoms with E-state index in [2.05, 4.69) is 0 Å². The van der Waals surface area contributed by atoms with E-state index in [-0.39, 0.29) is 17.6 Å². The molecule has 0 radical (unpaired) electrons. The van der Waals surface area contributed by atoms with E-state index in [1.54, 1.807) is 25.7 Å². The van der Waals surface area contributed by atoms with Crippen LogP contribution < -0.4 is 0 Å². The smallest absolute Gasteiger partial charge is 0.410 e. The summed E-state index contributed by atoms with van der Waals surface area (Å²) in [7, 11) is 0. The van der Waals surface area contributed by atoms with Gasteiger partial charge < -0.3 is 14.4 Å². The lowest BCUT2D eigenvalue weighted by Gasteiger charge is -2.33. The second-order valence-electron chi connectivity index (χ2n) is 5.26. The molecule has 0 aromatic carbocycles. The van der Waals surface area contributed by atoms with Crippen molar-refractivity contribution in [3.63, 3.8) is 0 Å². The molecule has 0 aliphatic carbocycles. The molecule has 0 aromatic rings. The molecule has 1 aliphatic heterocycles. The van der Waals surface area contributed by atoms with Gasteiger partial charge in [0.05, 0.1) is 19.3 Å². The number of carbonyl (C=O) groups is 1. The summed E-state index contributed by atoms with van der Waals surface area (Å²) in [6, 6.07) is 0. The summed E-state index contributed by atoms with van der Waals surface area (Å²) in [5, 5.41) is 10.3. The Balaban J connectivity index is 2.43. The van der Waals surface area contributed by atoms with Crippen LogP contribution in [0.2, 0.25) is 0 Å². The highest BCUT2D eigenvalue weighted by Gasteiger charge is 2.28. The van der Waals surface area contributed by atoms with Gasteiger partial charge in [0, 0.05) is 17.9 Å². The molecule has 1 amide bonds. The summed E-state index contributed by atoms with van der Waals surface area (Å²) in [6.45, 7) is 6.46. The lowest BCUT2D eigenvalue weighted by Crippen LogP contribution is -2.47. The van der Waals surface area contributed by atoms with Gasteiger partial charge >= 0.3 is 6.09 Å². The van der Waals surface area contributed by atoms with Crippen LogP contribution in [0.25, 0.3) is 0 Å². The number of morpholine rings is 1. The summed E-state index contributed by atoms with van der Waals surface area (Å²) in [5.41, 5.74) is -0.536. The molecule has 1 saturated heterocycles. The summed E-state index contributed by atoms with van der Waals surface area (Å²) in [4.78, 5) is 23.3. The molecule has 0 N–H and O–H groups in total. The van der Waals surface area contributed by atoms with Crippen LogP contribution in [0.5, 0.6) is 0 Å². The first-order valence-corrected chi connectivity index (χ1v) is 5.99. The fraction of sp³-hybridized carbons (Fsp3) is 0.909. The zero-order chi connectivity index (χ0) is 13.8. The first-order valence-electron chi connectivity index (χ1n) is 5.99. The Hall–Kier alpha value is -1.37. The predicted molar refractivity (Wildman–Crippen MR) is 64.0 cm³/mol. The number of ether oxygens (including phenoxy) is 2. The quantitative estimate of drug-likeness (QED) is 0.564. The molecule has 1 rings (SSSR count). The molecule has 1 heterocycles. The molecular weight excluding hydrogens is 240 g/mol. The minimum Gasteiger partial charge on any atom is -0.444 e. The number of rotatable bonds is 3. The largest absolute Gasteiger partial charge is 0.444 e. The van der Waals surface area contributed by atoms with Gasteiger partial charge in [0.2, 0.25) is 6.54 Å². The summed E-state index contributed by atoms with van der Waals surface area (Å²) in [6.07, 6.45) is -0.361. The fourth-order valence-corrected chi connectivity index (χ4v) is 1.64. The molecule has 1 aliphatic rings. The van der Waals surface area contributed by atoms with Gasteiger partial charge in [-0.05, 0) is 20.8 Å². The van der Waals surface area contributed by atoms with Crippen LogP contribution in [0.15, 0.2) is 0 Å². The van der Waals surface area contributed by atoms with Crippen molar-refractivity contribution in [3.05, 3.63) is 10.1 Å². The highest BCUT2D eigenvalue weighted by Crippen LogP contribution is 2.14. The first-order chi connectivity index (χ1) is 8.28. The SMILES string of the molecule is CC(C)(C)OC(=O)N1CCOC(CC[N+](=O)[O-])C1. The van der Waals surface area contributed by atoms with Crippen molar-refractivity contribution in [2.75, 3.05) is 26.2 Å². The normalized spacial score (nSPS) is 20.6. The molecule has 0 spiro atoms. The molecule has 7 heteroatoms. The number of nitrogens with zero attached hydrogens (tertiary/aromatic N) is 2. The minimum atomic E-state index is -0.536. The number of hydrogen-bond donors (Lipinski definition) is 0. The number of nitro groups is 1. The van der Waals surface area contributed by atoms with Crippen molar-refractivity contribution in [2.45, 2.75) is 38.9 Å². The van der Waals surface area contributed by atoms with Crippen LogP contribution in [-0.4, -0.2) is 53.9 Å². The van der Waals surface area contributed by atoms with Crippen molar-refractivity contribution in [3.8, 4) is 0 Å². The van der Waals surface area contributed by atoms with Gasteiger partial charge in [-0.2, -0.15) is 0 Å². The Kier molecular flexibility index (Phi) is 4.89. The Labute approximate surface area is 106 Å². The average Bonchev–Trinajstić information content (AvgIpc) is 2.24. The second-order valence-corrected chi connectivity index (χ2v) is 5.26. The van der Waals surface area contributed by atoms with Gasteiger partial charge in [0.25, 0.3) is 0 Å². The molecule has 7 nitrogen and oxygen atoms in total. The molecule has 1 fully saturated rings.